The van der Waals surface area contributed by atoms with Crippen LogP contribution < -0.4 is 4.90 Å². The van der Waals surface area contributed by atoms with E-state index in [2.05, 4.69) is 15.9 Å². The molecule has 0 unspecified atom stereocenters. The fraction of sp³-hybridized carbons (Fsp3) is 0.467. The number of anilines is 1. The van der Waals surface area contributed by atoms with E-state index in [9.17, 15) is 9.59 Å². The van der Waals surface area contributed by atoms with E-state index in [0.29, 0.717) is 24.2 Å². The molecular weight excluding hydrogens is 338 g/mol. The summed E-state index contributed by atoms with van der Waals surface area (Å²) in [5.41, 5.74) is 1.29. The Morgan fingerprint density at radius 3 is 2.52 bits per heavy atom. The number of carbonyl (C=O) groups is 2. The highest BCUT2D eigenvalue weighted by molar-refractivity contribution is 9.10. The fourth-order valence-corrected chi connectivity index (χ4v) is 2.78. The third-order valence-corrected chi connectivity index (χ3v) is 3.51. The molecule has 0 aliphatic carbocycles. The van der Waals surface area contributed by atoms with Gasteiger partial charge in [-0.05, 0) is 44.9 Å². The molecule has 0 atom stereocenters. The van der Waals surface area contributed by atoms with E-state index < -0.39 is 17.7 Å². The van der Waals surface area contributed by atoms with Crippen molar-refractivity contribution >= 4 is 33.7 Å². The Labute approximate surface area is 132 Å². The molecule has 0 spiro atoms. The first-order valence-corrected chi connectivity index (χ1v) is 7.43. The molecule has 0 N–H and O–H groups in total. The molecule has 21 heavy (non-hydrogen) atoms. The second-order valence-corrected chi connectivity index (χ2v) is 6.75. The van der Waals surface area contributed by atoms with Crippen LogP contribution in [0.1, 0.15) is 36.7 Å². The highest BCUT2D eigenvalue weighted by Crippen LogP contribution is 2.36. The van der Waals surface area contributed by atoms with Crippen LogP contribution in [0.4, 0.5) is 10.5 Å². The topological polar surface area (TPSA) is 55.8 Å². The summed E-state index contributed by atoms with van der Waals surface area (Å²) in [4.78, 5) is 25.8. The van der Waals surface area contributed by atoms with Crippen LogP contribution in [0, 0.1) is 0 Å². The molecule has 0 bridgehead atoms. The summed E-state index contributed by atoms with van der Waals surface area (Å²) >= 11 is 3.38. The van der Waals surface area contributed by atoms with Crippen molar-refractivity contribution in [1.82, 2.24) is 0 Å². The summed E-state index contributed by atoms with van der Waals surface area (Å²) in [5.74, 6) is -0.469. The number of amides is 1. The van der Waals surface area contributed by atoms with Crippen molar-refractivity contribution in [1.29, 1.82) is 0 Å². The highest BCUT2D eigenvalue weighted by atomic mass is 79.9. The van der Waals surface area contributed by atoms with Crippen LogP contribution in [0.25, 0.3) is 0 Å². The minimum absolute atomic E-state index is 0.366. The van der Waals surface area contributed by atoms with Crippen molar-refractivity contribution in [2.75, 3.05) is 18.6 Å². The number of esters is 1. The third kappa shape index (κ3) is 3.37. The summed E-state index contributed by atoms with van der Waals surface area (Å²) in [5, 5.41) is 0. The molecule has 0 fully saturated rings. The number of hydrogen-bond donors (Lipinski definition) is 0. The molecule has 1 aromatic carbocycles. The van der Waals surface area contributed by atoms with E-state index in [0.717, 1.165) is 10.0 Å². The summed E-state index contributed by atoms with van der Waals surface area (Å²) in [7, 11) is 1.32. The molecule has 1 aromatic rings. The molecule has 2 rings (SSSR count). The van der Waals surface area contributed by atoms with Gasteiger partial charge in [0.15, 0.2) is 0 Å². The van der Waals surface area contributed by atoms with E-state index in [-0.39, 0.29) is 0 Å². The van der Waals surface area contributed by atoms with Crippen molar-refractivity contribution in [3.63, 3.8) is 0 Å². The van der Waals surface area contributed by atoms with Gasteiger partial charge in [-0.1, -0.05) is 15.9 Å². The summed E-state index contributed by atoms with van der Waals surface area (Å²) < 4.78 is 11.0. The number of ether oxygens (including phenoxy) is 2. The van der Waals surface area contributed by atoms with E-state index in [1.54, 1.807) is 6.07 Å². The zero-order valence-electron chi connectivity index (χ0n) is 12.5. The smallest absolute Gasteiger partial charge is 0.414 e. The van der Waals surface area contributed by atoms with Crippen LogP contribution in [-0.4, -0.2) is 31.3 Å². The maximum atomic E-state index is 12.3. The molecule has 114 valence electrons. The Kier molecular flexibility index (Phi) is 4.27. The predicted molar refractivity (Wildman–Crippen MR) is 82.8 cm³/mol. The van der Waals surface area contributed by atoms with Crippen molar-refractivity contribution in [2.45, 2.75) is 32.8 Å². The Hall–Kier alpha value is -1.56. The molecule has 0 radical (unpaired) electrons. The second kappa shape index (κ2) is 5.67. The number of carbonyl (C=O) groups excluding carboxylic acids is 2. The average molecular weight is 356 g/mol. The van der Waals surface area contributed by atoms with Gasteiger partial charge in [0.25, 0.3) is 0 Å². The quantitative estimate of drug-likeness (QED) is 0.723. The van der Waals surface area contributed by atoms with Gasteiger partial charge in [-0.3, -0.25) is 4.90 Å². The van der Waals surface area contributed by atoms with Gasteiger partial charge in [0, 0.05) is 11.0 Å². The normalized spacial score (nSPS) is 13.9. The van der Waals surface area contributed by atoms with Gasteiger partial charge in [-0.15, -0.1) is 0 Å². The SMILES string of the molecule is COC(=O)c1cc(Br)cc2c1N(C(=O)OC(C)(C)C)CC2. The lowest BCUT2D eigenvalue weighted by Crippen LogP contribution is -2.36. The van der Waals surface area contributed by atoms with Gasteiger partial charge < -0.3 is 9.47 Å². The number of hydrogen-bond acceptors (Lipinski definition) is 4. The Bertz CT molecular complexity index is 592. The Morgan fingerprint density at radius 2 is 1.95 bits per heavy atom. The number of rotatable bonds is 1. The lowest BCUT2D eigenvalue weighted by atomic mass is 10.1. The minimum Gasteiger partial charge on any atom is -0.465 e. The Balaban J connectivity index is 2.42. The molecule has 1 heterocycles. The van der Waals surface area contributed by atoms with Gasteiger partial charge in [0.2, 0.25) is 0 Å². The van der Waals surface area contributed by atoms with Crippen LogP contribution in [0.3, 0.4) is 0 Å². The standard InChI is InChI=1S/C15H18BrNO4/c1-15(2,3)21-14(19)17-6-5-9-7-10(16)8-11(12(9)17)13(18)20-4/h7-8H,5-6H2,1-4H3. The molecule has 0 aromatic heterocycles. The third-order valence-electron chi connectivity index (χ3n) is 3.05. The predicted octanol–water partition coefficient (Wildman–Crippen LogP) is 3.53. The maximum Gasteiger partial charge on any atom is 0.414 e. The highest BCUT2D eigenvalue weighted by Gasteiger charge is 2.33. The van der Waals surface area contributed by atoms with Crippen molar-refractivity contribution in [2.24, 2.45) is 0 Å². The van der Waals surface area contributed by atoms with Gasteiger partial charge >= 0.3 is 12.1 Å². The van der Waals surface area contributed by atoms with Crippen molar-refractivity contribution in [3.05, 3.63) is 27.7 Å². The molecule has 0 saturated carbocycles. The Morgan fingerprint density at radius 1 is 1.29 bits per heavy atom. The fourth-order valence-electron chi connectivity index (χ4n) is 2.27. The number of nitrogens with zero attached hydrogens (tertiary/aromatic N) is 1. The van der Waals surface area contributed by atoms with Crippen LogP contribution in [0.15, 0.2) is 16.6 Å². The zero-order chi connectivity index (χ0) is 15.8. The molecular formula is C15H18BrNO4. The number of benzene rings is 1. The van der Waals surface area contributed by atoms with Crippen molar-refractivity contribution in [3.8, 4) is 0 Å². The first-order valence-electron chi connectivity index (χ1n) is 6.64. The zero-order valence-corrected chi connectivity index (χ0v) is 14.1. The summed E-state index contributed by atoms with van der Waals surface area (Å²) in [6.07, 6.45) is 0.228. The molecule has 1 aliphatic rings. The van der Waals surface area contributed by atoms with Crippen LogP contribution in [0.5, 0.6) is 0 Å². The van der Waals surface area contributed by atoms with Crippen LogP contribution >= 0.6 is 15.9 Å². The first-order chi connectivity index (χ1) is 9.73. The average Bonchev–Trinajstić information content (AvgIpc) is 2.78. The number of halogens is 1. The molecule has 1 amide bonds. The summed E-state index contributed by atoms with van der Waals surface area (Å²) in [6.45, 7) is 5.92. The van der Waals surface area contributed by atoms with Crippen molar-refractivity contribution < 1.29 is 19.1 Å². The lowest BCUT2D eigenvalue weighted by molar-refractivity contribution is 0.0582. The van der Waals surface area contributed by atoms with E-state index >= 15 is 0 Å². The number of methoxy groups -OCH3 is 1. The van der Waals surface area contributed by atoms with E-state index in [1.807, 2.05) is 26.8 Å². The van der Waals surface area contributed by atoms with Gasteiger partial charge in [0.05, 0.1) is 18.4 Å². The molecule has 6 heteroatoms. The first kappa shape index (κ1) is 15.8. The summed E-state index contributed by atoms with van der Waals surface area (Å²) in [6, 6.07) is 3.57. The van der Waals surface area contributed by atoms with Gasteiger partial charge in [-0.25, -0.2) is 9.59 Å². The molecule has 1 aliphatic heterocycles. The molecule has 0 saturated heterocycles. The van der Waals surface area contributed by atoms with Gasteiger partial charge in [0.1, 0.15) is 5.60 Å². The lowest BCUT2D eigenvalue weighted by Gasteiger charge is -2.25. The largest absolute Gasteiger partial charge is 0.465 e. The maximum absolute atomic E-state index is 12.3. The minimum atomic E-state index is -0.583. The molecule has 5 nitrogen and oxygen atoms in total. The van der Waals surface area contributed by atoms with E-state index in [4.69, 9.17) is 9.47 Å². The van der Waals surface area contributed by atoms with Crippen LogP contribution in [-0.2, 0) is 15.9 Å². The number of fused-ring (bicyclic) bond motifs is 1. The monoisotopic (exact) mass is 355 g/mol. The van der Waals surface area contributed by atoms with Crippen LogP contribution in [0.2, 0.25) is 0 Å². The second-order valence-electron chi connectivity index (χ2n) is 5.83. The van der Waals surface area contributed by atoms with E-state index in [1.165, 1.54) is 12.0 Å². The van der Waals surface area contributed by atoms with Gasteiger partial charge in [-0.2, -0.15) is 0 Å².